The SMILES string of the molecule is Cn1cc(C(C)(O)CNC(=O)c2ccc(C3(C#N)CC3)cc2)cn1. The molecule has 6 heteroatoms. The summed E-state index contributed by atoms with van der Waals surface area (Å²) < 4.78 is 1.60. The highest BCUT2D eigenvalue weighted by Crippen LogP contribution is 2.47. The monoisotopic (exact) mass is 324 g/mol. The Balaban J connectivity index is 1.64. The van der Waals surface area contributed by atoms with Gasteiger partial charge in [0.15, 0.2) is 0 Å². The number of hydrogen-bond donors (Lipinski definition) is 2. The molecule has 0 spiro atoms. The van der Waals surface area contributed by atoms with Crippen molar-refractivity contribution in [2.45, 2.75) is 30.8 Å². The largest absolute Gasteiger partial charge is 0.383 e. The zero-order valence-corrected chi connectivity index (χ0v) is 13.8. The van der Waals surface area contributed by atoms with E-state index in [-0.39, 0.29) is 17.9 Å². The topological polar surface area (TPSA) is 90.9 Å². The van der Waals surface area contributed by atoms with Crippen LogP contribution in [-0.4, -0.2) is 27.3 Å². The molecule has 1 heterocycles. The van der Waals surface area contributed by atoms with E-state index in [1.807, 2.05) is 12.1 Å². The third-order valence-electron chi connectivity index (χ3n) is 4.58. The molecule has 0 bridgehead atoms. The predicted molar refractivity (Wildman–Crippen MR) is 88.1 cm³/mol. The van der Waals surface area contributed by atoms with Crippen molar-refractivity contribution < 1.29 is 9.90 Å². The van der Waals surface area contributed by atoms with Crippen molar-refractivity contribution in [1.29, 1.82) is 5.26 Å². The molecular weight excluding hydrogens is 304 g/mol. The first-order valence-corrected chi connectivity index (χ1v) is 7.88. The van der Waals surface area contributed by atoms with E-state index in [9.17, 15) is 15.2 Å². The van der Waals surface area contributed by atoms with E-state index in [2.05, 4.69) is 16.5 Å². The summed E-state index contributed by atoms with van der Waals surface area (Å²) in [6.07, 6.45) is 5.06. The molecule has 2 aromatic rings. The maximum Gasteiger partial charge on any atom is 0.251 e. The zero-order valence-electron chi connectivity index (χ0n) is 13.8. The first-order valence-electron chi connectivity index (χ1n) is 7.88. The number of aryl methyl sites for hydroxylation is 1. The molecule has 24 heavy (non-hydrogen) atoms. The molecule has 1 atom stereocenters. The van der Waals surface area contributed by atoms with Gasteiger partial charge in [-0.25, -0.2) is 0 Å². The Hall–Kier alpha value is -2.65. The van der Waals surface area contributed by atoms with Gasteiger partial charge < -0.3 is 10.4 Å². The molecule has 1 saturated carbocycles. The summed E-state index contributed by atoms with van der Waals surface area (Å²) in [5.41, 5.74) is 0.575. The number of carbonyl (C=O) groups excluding carboxylic acids is 1. The van der Waals surface area contributed by atoms with Crippen molar-refractivity contribution in [2.24, 2.45) is 7.05 Å². The Kier molecular flexibility index (Phi) is 3.90. The van der Waals surface area contributed by atoms with Crippen LogP contribution >= 0.6 is 0 Å². The van der Waals surface area contributed by atoms with Gasteiger partial charge in [0, 0.05) is 24.4 Å². The van der Waals surface area contributed by atoms with Crippen LogP contribution in [0, 0.1) is 11.3 Å². The van der Waals surface area contributed by atoms with Crippen LogP contribution < -0.4 is 5.32 Å². The minimum atomic E-state index is -1.19. The Morgan fingerprint density at radius 2 is 2.12 bits per heavy atom. The molecule has 1 aromatic heterocycles. The van der Waals surface area contributed by atoms with Crippen LogP contribution in [0.15, 0.2) is 36.7 Å². The van der Waals surface area contributed by atoms with E-state index in [1.54, 1.807) is 43.2 Å². The van der Waals surface area contributed by atoms with Crippen LogP contribution in [0.1, 0.15) is 41.3 Å². The average molecular weight is 324 g/mol. The van der Waals surface area contributed by atoms with Gasteiger partial charge in [0.1, 0.15) is 5.60 Å². The van der Waals surface area contributed by atoms with Crippen molar-refractivity contribution in [3.05, 3.63) is 53.3 Å². The van der Waals surface area contributed by atoms with Crippen LogP contribution in [0.3, 0.4) is 0 Å². The van der Waals surface area contributed by atoms with Gasteiger partial charge in [-0.05, 0) is 37.5 Å². The summed E-state index contributed by atoms with van der Waals surface area (Å²) in [7, 11) is 1.77. The molecule has 0 radical (unpaired) electrons. The van der Waals surface area contributed by atoms with Gasteiger partial charge in [-0.1, -0.05) is 12.1 Å². The number of carbonyl (C=O) groups is 1. The third kappa shape index (κ3) is 3.03. The minimum absolute atomic E-state index is 0.0847. The quantitative estimate of drug-likeness (QED) is 0.874. The molecule has 1 amide bonds. The van der Waals surface area contributed by atoms with Gasteiger partial charge in [-0.3, -0.25) is 9.48 Å². The number of nitrogens with zero attached hydrogens (tertiary/aromatic N) is 3. The number of nitriles is 1. The lowest BCUT2D eigenvalue weighted by Gasteiger charge is -2.22. The van der Waals surface area contributed by atoms with Crippen LogP contribution in [0.4, 0.5) is 0 Å². The number of benzene rings is 1. The van der Waals surface area contributed by atoms with E-state index >= 15 is 0 Å². The molecule has 1 aromatic carbocycles. The molecular formula is C18H20N4O2. The molecule has 3 rings (SSSR count). The Morgan fingerprint density at radius 1 is 1.46 bits per heavy atom. The second kappa shape index (κ2) is 5.77. The van der Waals surface area contributed by atoms with Crippen molar-refractivity contribution in [3.8, 4) is 6.07 Å². The van der Waals surface area contributed by atoms with Crippen LogP contribution in [0.5, 0.6) is 0 Å². The van der Waals surface area contributed by atoms with E-state index in [0.717, 1.165) is 18.4 Å². The fraction of sp³-hybridized carbons (Fsp3) is 0.389. The first kappa shape index (κ1) is 16.2. The Labute approximate surface area is 140 Å². The first-order chi connectivity index (χ1) is 11.4. The molecule has 1 aliphatic carbocycles. The molecule has 1 fully saturated rings. The Bertz CT molecular complexity index is 795. The van der Waals surface area contributed by atoms with Crippen molar-refractivity contribution >= 4 is 5.91 Å². The van der Waals surface area contributed by atoms with Gasteiger partial charge in [0.25, 0.3) is 5.91 Å². The fourth-order valence-corrected chi connectivity index (χ4v) is 2.69. The second-order valence-corrected chi connectivity index (χ2v) is 6.63. The van der Waals surface area contributed by atoms with Crippen molar-refractivity contribution in [3.63, 3.8) is 0 Å². The lowest BCUT2D eigenvalue weighted by Crippen LogP contribution is -2.38. The highest BCUT2D eigenvalue weighted by Gasteiger charge is 2.44. The lowest BCUT2D eigenvalue weighted by molar-refractivity contribution is 0.0526. The van der Waals surface area contributed by atoms with Crippen molar-refractivity contribution in [1.82, 2.24) is 15.1 Å². The van der Waals surface area contributed by atoms with Gasteiger partial charge in [-0.2, -0.15) is 10.4 Å². The maximum atomic E-state index is 12.3. The fourth-order valence-electron chi connectivity index (χ4n) is 2.69. The highest BCUT2D eigenvalue weighted by atomic mass is 16.3. The summed E-state index contributed by atoms with van der Waals surface area (Å²) in [5, 5.41) is 26.5. The van der Waals surface area contributed by atoms with Gasteiger partial charge in [0.05, 0.1) is 24.2 Å². The summed E-state index contributed by atoms with van der Waals surface area (Å²) in [6.45, 7) is 1.72. The smallest absolute Gasteiger partial charge is 0.251 e. The zero-order chi connectivity index (χ0) is 17.4. The number of amides is 1. The highest BCUT2D eigenvalue weighted by molar-refractivity contribution is 5.94. The summed E-state index contributed by atoms with van der Waals surface area (Å²) in [4.78, 5) is 12.3. The number of nitrogens with one attached hydrogen (secondary N) is 1. The molecule has 0 saturated heterocycles. The lowest BCUT2D eigenvalue weighted by atomic mass is 9.96. The summed E-state index contributed by atoms with van der Waals surface area (Å²) in [5.74, 6) is -0.257. The molecule has 0 aliphatic heterocycles. The average Bonchev–Trinajstić information content (AvgIpc) is 3.26. The van der Waals surface area contributed by atoms with E-state index in [0.29, 0.717) is 11.1 Å². The third-order valence-corrected chi connectivity index (χ3v) is 4.58. The van der Waals surface area contributed by atoms with E-state index < -0.39 is 5.60 Å². The van der Waals surface area contributed by atoms with E-state index in [1.165, 1.54) is 0 Å². The minimum Gasteiger partial charge on any atom is -0.383 e. The van der Waals surface area contributed by atoms with E-state index in [4.69, 9.17) is 0 Å². The molecule has 124 valence electrons. The van der Waals surface area contributed by atoms with Gasteiger partial charge in [0.2, 0.25) is 0 Å². The maximum absolute atomic E-state index is 12.3. The predicted octanol–water partition coefficient (Wildman–Crippen LogP) is 1.61. The van der Waals surface area contributed by atoms with Gasteiger partial charge in [-0.15, -0.1) is 0 Å². The molecule has 1 aliphatic rings. The number of hydrogen-bond acceptors (Lipinski definition) is 4. The van der Waals surface area contributed by atoms with Crippen LogP contribution in [-0.2, 0) is 18.1 Å². The number of aliphatic hydroxyl groups is 1. The van der Waals surface area contributed by atoms with Crippen molar-refractivity contribution in [2.75, 3.05) is 6.54 Å². The molecule has 6 nitrogen and oxygen atoms in total. The van der Waals surface area contributed by atoms with Gasteiger partial charge >= 0.3 is 0 Å². The Morgan fingerprint density at radius 3 is 2.62 bits per heavy atom. The molecule has 1 unspecified atom stereocenters. The van der Waals surface area contributed by atoms with Crippen LogP contribution in [0.25, 0.3) is 0 Å². The normalized spacial score (nSPS) is 17.6. The molecule has 2 N–H and O–H groups in total. The standard InChI is InChI=1S/C18H20N4O2/c1-17(24,15-9-21-22(2)10-15)12-20-16(23)13-3-5-14(6-4-13)18(11-19)7-8-18/h3-6,9-10,24H,7-8,12H2,1-2H3,(H,20,23). The number of rotatable bonds is 5. The second-order valence-electron chi connectivity index (χ2n) is 6.63. The summed E-state index contributed by atoms with van der Waals surface area (Å²) >= 11 is 0. The summed E-state index contributed by atoms with van der Waals surface area (Å²) in [6, 6.07) is 9.46. The van der Waals surface area contributed by atoms with Crippen LogP contribution in [0.2, 0.25) is 0 Å². The number of aromatic nitrogens is 2.